The van der Waals surface area contributed by atoms with Crippen molar-refractivity contribution >= 4 is 29.1 Å². The van der Waals surface area contributed by atoms with Gasteiger partial charge in [0.05, 0.1) is 5.69 Å². The second kappa shape index (κ2) is 5.72. The fourth-order valence-electron chi connectivity index (χ4n) is 4.38. The van der Waals surface area contributed by atoms with E-state index in [4.69, 9.17) is 0 Å². The molecule has 2 unspecified atom stereocenters. The lowest BCUT2D eigenvalue weighted by Gasteiger charge is -2.18. The average Bonchev–Trinajstić information content (AvgIpc) is 3.21. The molecule has 4 rings (SSSR count). The number of amides is 3. The fourth-order valence-corrected chi connectivity index (χ4v) is 4.38. The van der Waals surface area contributed by atoms with Gasteiger partial charge in [0, 0.05) is 24.4 Å². The first kappa shape index (κ1) is 15.4. The van der Waals surface area contributed by atoms with Crippen molar-refractivity contribution in [1.82, 2.24) is 0 Å². The number of benzene rings is 1. The van der Waals surface area contributed by atoms with Gasteiger partial charge >= 0.3 is 0 Å². The smallest absolute Gasteiger partial charge is 0.234 e. The van der Waals surface area contributed by atoms with Gasteiger partial charge in [-0.1, -0.05) is 18.9 Å². The molecule has 2 saturated carbocycles. The van der Waals surface area contributed by atoms with Crippen LogP contribution in [0.15, 0.2) is 18.2 Å². The first-order valence-corrected chi connectivity index (χ1v) is 8.83. The summed E-state index contributed by atoms with van der Waals surface area (Å²) in [6, 6.07) is 5.44. The van der Waals surface area contributed by atoms with E-state index in [2.05, 4.69) is 5.32 Å². The van der Waals surface area contributed by atoms with Gasteiger partial charge in [-0.3, -0.25) is 19.3 Å². The summed E-state index contributed by atoms with van der Waals surface area (Å²) in [7, 11) is 0. The molecule has 1 saturated heterocycles. The molecule has 24 heavy (non-hydrogen) atoms. The number of carbonyl (C=O) groups excluding carboxylic acids is 3. The van der Waals surface area contributed by atoms with E-state index in [1.54, 1.807) is 6.07 Å². The van der Waals surface area contributed by atoms with Gasteiger partial charge in [0.15, 0.2) is 0 Å². The van der Waals surface area contributed by atoms with Gasteiger partial charge in [0.1, 0.15) is 0 Å². The van der Waals surface area contributed by atoms with Crippen LogP contribution in [0.5, 0.6) is 0 Å². The van der Waals surface area contributed by atoms with Crippen LogP contribution in [0.3, 0.4) is 0 Å². The number of anilines is 2. The maximum Gasteiger partial charge on any atom is 0.234 e. The lowest BCUT2D eigenvalue weighted by molar-refractivity contribution is -0.121. The largest absolute Gasteiger partial charge is 0.326 e. The van der Waals surface area contributed by atoms with Crippen molar-refractivity contribution in [2.24, 2.45) is 17.8 Å². The molecule has 0 spiro atoms. The molecule has 3 aliphatic rings. The number of imide groups is 1. The molecule has 5 nitrogen and oxygen atoms in total. The van der Waals surface area contributed by atoms with Crippen LogP contribution < -0.4 is 10.2 Å². The van der Waals surface area contributed by atoms with Gasteiger partial charge in [-0.2, -0.15) is 0 Å². The van der Waals surface area contributed by atoms with E-state index in [-0.39, 0.29) is 36.5 Å². The van der Waals surface area contributed by atoms with Gasteiger partial charge in [-0.15, -0.1) is 0 Å². The third-order valence-corrected chi connectivity index (χ3v) is 5.73. The number of hydrogen-bond acceptors (Lipinski definition) is 3. The van der Waals surface area contributed by atoms with Gasteiger partial charge in [-0.25, -0.2) is 0 Å². The zero-order valence-electron chi connectivity index (χ0n) is 13.9. The molecule has 1 aromatic rings. The lowest BCUT2D eigenvalue weighted by atomic mass is 10.0. The van der Waals surface area contributed by atoms with Crippen LogP contribution in [-0.2, 0) is 14.4 Å². The highest BCUT2D eigenvalue weighted by atomic mass is 16.2. The maximum atomic E-state index is 12.5. The average molecular weight is 326 g/mol. The minimum absolute atomic E-state index is 0.0841. The van der Waals surface area contributed by atoms with Crippen molar-refractivity contribution in [2.75, 3.05) is 10.2 Å². The highest BCUT2D eigenvalue weighted by Crippen LogP contribution is 2.55. The number of fused-ring (bicyclic) bond motifs is 1. The molecule has 1 aromatic carbocycles. The van der Waals surface area contributed by atoms with Gasteiger partial charge in [0.2, 0.25) is 17.7 Å². The molecule has 126 valence electrons. The number of hydrogen-bond donors (Lipinski definition) is 1. The quantitative estimate of drug-likeness (QED) is 0.868. The minimum Gasteiger partial charge on any atom is -0.326 e. The van der Waals surface area contributed by atoms with E-state index >= 15 is 0 Å². The normalized spacial score (nSPS) is 28.7. The summed E-state index contributed by atoms with van der Waals surface area (Å²) in [6.45, 7) is 1.87. The zero-order valence-corrected chi connectivity index (χ0v) is 13.9. The summed E-state index contributed by atoms with van der Waals surface area (Å²) in [6.07, 6.45) is 5.33. The Hall–Kier alpha value is -2.17. The molecule has 5 heteroatoms. The van der Waals surface area contributed by atoms with E-state index in [0.717, 1.165) is 5.56 Å². The van der Waals surface area contributed by atoms with Crippen molar-refractivity contribution in [3.05, 3.63) is 23.8 Å². The molecule has 0 bridgehead atoms. The zero-order chi connectivity index (χ0) is 16.8. The Bertz CT molecular complexity index is 699. The summed E-state index contributed by atoms with van der Waals surface area (Å²) >= 11 is 0. The van der Waals surface area contributed by atoms with Crippen molar-refractivity contribution in [1.29, 1.82) is 0 Å². The SMILES string of the molecule is Cc1ccc(NC(=O)C2C3CCCCC32)cc1N1C(=O)CCC1=O. The van der Waals surface area contributed by atoms with Crippen LogP contribution in [0.2, 0.25) is 0 Å². The number of nitrogens with zero attached hydrogens (tertiary/aromatic N) is 1. The second-order valence-corrected chi connectivity index (χ2v) is 7.25. The summed E-state index contributed by atoms with van der Waals surface area (Å²) in [5.41, 5.74) is 2.11. The molecule has 1 N–H and O–H groups in total. The molecular weight excluding hydrogens is 304 g/mol. The molecular formula is C19H22N2O3. The highest BCUT2D eigenvalue weighted by molar-refractivity contribution is 6.20. The predicted octanol–water partition coefficient (Wildman–Crippen LogP) is 3.02. The molecule has 3 fully saturated rings. The molecule has 1 heterocycles. The Balaban J connectivity index is 1.52. The molecule has 2 aliphatic carbocycles. The van der Waals surface area contributed by atoms with E-state index in [9.17, 15) is 14.4 Å². The summed E-state index contributed by atoms with van der Waals surface area (Å²) in [4.78, 5) is 37.7. The third-order valence-electron chi connectivity index (χ3n) is 5.73. The standard InChI is InChI=1S/C19H22N2O3/c1-11-6-7-12(10-15(11)21-16(22)8-9-17(21)23)20-19(24)18-13-4-2-3-5-14(13)18/h6-7,10,13-14,18H,2-5,8-9H2,1H3,(H,20,24). The Kier molecular flexibility index (Phi) is 3.66. The molecule has 3 amide bonds. The fraction of sp³-hybridized carbons (Fsp3) is 0.526. The van der Waals surface area contributed by atoms with Crippen LogP contribution >= 0.6 is 0 Å². The molecule has 0 radical (unpaired) electrons. The van der Waals surface area contributed by atoms with E-state index in [1.165, 1.54) is 30.6 Å². The number of rotatable bonds is 3. The maximum absolute atomic E-state index is 12.5. The second-order valence-electron chi connectivity index (χ2n) is 7.25. The van der Waals surface area contributed by atoms with Crippen molar-refractivity contribution in [3.63, 3.8) is 0 Å². The Morgan fingerprint density at radius 1 is 1.08 bits per heavy atom. The Morgan fingerprint density at radius 2 is 1.71 bits per heavy atom. The third kappa shape index (κ3) is 2.52. The van der Waals surface area contributed by atoms with Crippen LogP contribution in [0.4, 0.5) is 11.4 Å². The highest BCUT2D eigenvalue weighted by Gasteiger charge is 2.54. The predicted molar refractivity (Wildman–Crippen MR) is 90.5 cm³/mol. The van der Waals surface area contributed by atoms with Gasteiger partial charge in [0.25, 0.3) is 0 Å². The molecule has 0 aromatic heterocycles. The van der Waals surface area contributed by atoms with Crippen LogP contribution in [0.25, 0.3) is 0 Å². The summed E-state index contributed by atoms with van der Waals surface area (Å²) in [5, 5.41) is 2.99. The van der Waals surface area contributed by atoms with E-state index < -0.39 is 0 Å². The van der Waals surface area contributed by atoms with Crippen molar-refractivity contribution < 1.29 is 14.4 Å². The number of aryl methyl sites for hydroxylation is 1. The Labute approximate surface area is 141 Å². The van der Waals surface area contributed by atoms with E-state index in [0.29, 0.717) is 23.2 Å². The summed E-state index contributed by atoms with van der Waals surface area (Å²) in [5.74, 6) is 1.02. The summed E-state index contributed by atoms with van der Waals surface area (Å²) < 4.78 is 0. The topological polar surface area (TPSA) is 66.5 Å². The van der Waals surface area contributed by atoms with Crippen LogP contribution in [0.1, 0.15) is 44.1 Å². The first-order chi connectivity index (χ1) is 11.6. The molecule has 2 atom stereocenters. The lowest BCUT2D eigenvalue weighted by Crippen LogP contribution is -2.29. The first-order valence-electron chi connectivity index (χ1n) is 8.83. The number of carbonyl (C=O) groups is 3. The van der Waals surface area contributed by atoms with Gasteiger partial charge in [-0.05, 0) is 49.3 Å². The number of nitrogens with one attached hydrogen (secondary N) is 1. The minimum atomic E-state index is -0.167. The monoisotopic (exact) mass is 326 g/mol. The molecule has 1 aliphatic heterocycles. The van der Waals surface area contributed by atoms with Gasteiger partial charge < -0.3 is 5.32 Å². The van der Waals surface area contributed by atoms with Crippen molar-refractivity contribution in [3.8, 4) is 0 Å². The van der Waals surface area contributed by atoms with Crippen LogP contribution in [0, 0.1) is 24.7 Å². The van der Waals surface area contributed by atoms with Crippen LogP contribution in [-0.4, -0.2) is 17.7 Å². The Morgan fingerprint density at radius 3 is 2.33 bits per heavy atom. The van der Waals surface area contributed by atoms with E-state index in [1.807, 2.05) is 19.1 Å². The van der Waals surface area contributed by atoms with Crippen molar-refractivity contribution in [2.45, 2.75) is 45.4 Å².